The Morgan fingerprint density at radius 2 is 1.85 bits per heavy atom. The van der Waals surface area contributed by atoms with Gasteiger partial charge < -0.3 is 15.5 Å². The minimum Gasteiger partial charge on any atom is -0.355 e. The van der Waals surface area contributed by atoms with Crippen LogP contribution >= 0.6 is 11.3 Å². The molecule has 1 aliphatic carbocycles. The van der Waals surface area contributed by atoms with Crippen molar-refractivity contribution in [2.45, 2.75) is 12.8 Å². The van der Waals surface area contributed by atoms with Crippen molar-refractivity contribution >= 4 is 50.1 Å². The first kappa shape index (κ1) is 17.4. The molecule has 2 heterocycles. The summed E-state index contributed by atoms with van der Waals surface area (Å²) >= 11 is 1.37. The zero-order valence-electron chi connectivity index (χ0n) is 15.0. The van der Waals surface area contributed by atoms with Gasteiger partial charge in [-0.05, 0) is 49.2 Å². The summed E-state index contributed by atoms with van der Waals surface area (Å²) in [6.45, 7) is 0. The van der Waals surface area contributed by atoms with E-state index in [0.717, 1.165) is 34.7 Å². The molecule has 0 spiro atoms. The second-order valence-corrected chi connectivity index (χ2v) is 7.44. The lowest BCUT2D eigenvalue weighted by Gasteiger charge is -2.18. The first-order valence-electron chi connectivity index (χ1n) is 8.69. The summed E-state index contributed by atoms with van der Waals surface area (Å²) in [7, 11) is 3.53. The third-order valence-corrected chi connectivity index (χ3v) is 5.39. The van der Waals surface area contributed by atoms with Crippen molar-refractivity contribution in [3.63, 3.8) is 0 Å². The standard InChI is InChI=1S/C19H19N5O2S/c1-20-16(25)11-5-7-13(8-6-11)24(2)15-10-9-14-18(22-15)27-19(21-14)23-17(26)12-3-4-12/h5-10,12H,3-4H2,1-2H3,(H,20,25)(H,21,23,26). The third-order valence-electron chi connectivity index (χ3n) is 4.51. The number of carbonyl (C=O) groups is 2. The molecule has 1 fully saturated rings. The number of aromatic nitrogens is 2. The first-order valence-corrected chi connectivity index (χ1v) is 9.51. The number of nitrogens with zero attached hydrogens (tertiary/aromatic N) is 3. The molecule has 2 amide bonds. The van der Waals surface area contributed by atoms with Crippen LogP contribution in [0.4, 0.5) is 16.6 Å². The number of amides is 2. The first-order chi connectivity index (χ1) is 13.0. The highest BCUT2D eigenvalue weighted by Crippen LogP contribution is 2.33. The smallest absolute Gasteiger partial charge is 0.251 e. The normalized spacial score (nSPS) is 13.4. The Bertz CT molecular complexity index is 1010. The second-order valence-electron chi connectivity index (χ2n) is 6.46. The van der Waals surface area contributed by atoms with E-state index in [2.05, 4.69) is 20.6 Å². The molecule has 8 heteroatoms. The van der Waals surface area contributed by atoms with E-state index in [0.29, 0.717) is 10.7 Å². The molecule has 138 valence electrons. The van der Waals surface area contributed by atoms with E-state index in [1.54, 1.807) is 19.2 Å². The molecule has 3 aromatic rings. The van der Waals surface area contributed by atoms with Gasteiger partial charge in [0.05, 0.1) is 0 Å². The molecule has 0 aliphatic heterocycles. The summed E-state index contributed by atoms with van der Waals surface area (Å²) in [4.78, 5) is 35.4. The van der Waals surface area contributed by atoms with Gasteiger partial charge in [0.25, 0.3) is 5.91 Å². The van der Waals surface area contributed by atoms with Gasteiger partial charge in [0.15, 0.2) is 5.13 Å². The van der Waals surface area contributed by atoms with Crippen molar-refractivity contribution in [1.29, 1.82) is 0 Å². The molecule has 0 saturated heterocycles. The van der Waals surface area contributed by atoms with Gasteiger partial charge in [-0.3, -0.25) is 9.59 Å². The van der Waals surface area contributed by atoms with Gasteiger partial charge in [-0.2, -0.15) is 0 Å². The molecule has 27 heavy (non-hydrogen) atoms. The molecule has 2 aromatic heterocycles. The van der Waals surface area contributed by atoms with Crippen LogP contribution in [0.25, 0.3) is 10.3 Å². The molecule has 0 unspecified atom stereocenters. The Morgan fingerprint density at radius 1 is 1.11 bits per heavy atom. The van der Waals surface area contributed by atoms with Crippen molar-refractivity contribution in [2.75, 3.05) is 24.3 Å². The Labute approximate surface area is 160 Å². The van der Waals surface area contributed by atoms with Crippen LogP contribution < -0.4 is 15.5 Å². The summed E-state index contributed by atoms with van der Waals surface area (Å²) in [6, 6.07) is 11.1. The number of carbonyl (C=O) groups excluding carboxylic acids is 2. The summed E-state index contributed by atoms with van der Waals surface area (Å²) in [5.41, 5.74) is 2.29. The highest BCUT2D eigenvalue weighted by Gasteiger charge is 2.30. The number of benzene rings is 1. The highest BCUT2D eigenvalue weighted by atomic mass is 32.1. The van der Waals surface area contributed by atoms with Crippen molar-refractivity contribution in [2.24, 2.45) is 5.92 Å². The molecule has 4 rings (SSSR count). The lowest BCUT2D eigenvalue weighted by atomic mass is 10.2. The lowest BCUT2D eigenvalue weighted by Crippen LogP contribution is -2.18. The van der Waals surface area contributed by atoms with Gasteiger partial charge >= 0.3 is 0 Å². The van der Waals surface area contributed by atoms with Crippen LogP contribution in [0.1, 0.15) is 23.2 Å². The van der Waals surface area contributed by atoms with Crippen LogP contribution in [-0.4, -0.2) is 35.9 Å². The average molecular weight is 381 g/mol. The maximum absolute atomic E-state index is 11.9. The van der Waals surface area contributed by atoms with Crippen molar-refractivity contribution < 1.29 is 9.59 Å². The van der Waals surface area contributed by atoms with E-state index < -0.39 is 0 Å². The van der Waals surface area contributed by atoms with Gasteiger partial charge in [-0.1, -0.05) is 11.3 Å². The fourth-order valence-electron chi connectivity index (χ4n) is 2.71. The van der Waals surface area contributed by atoms with Gasteiger partial charge in [0, 0.05) is 31.3 Å². The van der Waals surface area contributed by atoms with E-state index in [1.807, 2.05) is 36.2 Å². The van der Waals surface area contributed by atoms with E-state index in [1.165, 1.54) is 11.3 Å². The number of anilines is 3. The number of hydrogen-bond donors (Lipinski definition) is 2. The van der Waals surface area contributed by atoms with Crippen molar-refractivity contribution in [1.82, 2.24) is 15.3 Å². The third kappa shape index (κ3) is 3.61. The highest BCUT2D eigenvalue weighted by molar-refractivity contribution is 7.22. The maximum Gasteiger partial charge on any atom is 0.251 e. The van der Waals surface area contributed by atoms with Crippen molar-refractivity contribution in [3.8, 4) is 0 Å². The van der Waals surface area contributed by atoms with E-state index in [9.17, 15) is 9.59 Å². The summed E-state index contributed by atoms with van der Waals surface area (Å²) in [6.07, 6.45) is 1.92. The van der Waals surface area contributed by atoms with Crippen LogP contribution in [0.3, 0.4) is 0 Å². The Kier molecular flexibility index (Phi) is 4.49. The fraction of sp³-hybridized carbons (Fsp3) is 0.263. The molecular formula is C19H19N5O2S. The number of rotatable bonds is 5. The number of pyridine rings is 1. The Balaban J connectivity index is 1.55. The molecule has 7 nitrogen and oxygen atoms in total. The molecule has 0 bridgehead atoms. The van der Waals surface area contributed by atoms with Crippen LogP contribution in [0.15, 0.2) is 36.4 Å². The van der Waals surface area contributed by atoms with Crippen LogP contribution in [0.5, 0.6) is 0 Å². The quantitative estimate of drug-likeness (QED) is 0.709. The monoisotopic (exact) mass is 381 g/mol. The SMILES string of the molecule is CNC(=O)c1ccc(N(C)c2ccc3nc(NC(=O)C4CC4)sc3n2)cc1. The van der Waals surface area contributed by atoms with E-state index >= 15 is 0 Å². The molecular weight excluding hydrogens is 362 g/mol. The van der Waals surface area contributed by atoms with Crippen LogP contribution in [0.2, 0.25) is 0 Å². The number of hydrogen-bond acceptors (Lipinski definition) is 6. The van der Waals surface area contributed by atoms with E-state index in [4.69, 9.17) is 0 Å². The number of fused-ring (bicyclic) bond motifs is 1. The number of nitrogens with one attached hydrogen (secondary N) is 2. The second kappa shape index (κ2) is 6.96. The van der Waals surface area contributed by atoms with Crippen LogP contribution in [-0.2, 0) is 4.79 Å². The van der Waals surface area contributed by atoms with Crippen molar-refractivity contribution in [3.05, 3.63) is 42.0 Å². The minimum absolute atomic E-state index is 0.0441. The fourth-order valence-corrected chi connectivity index (χ4v) is 3.55. The van der Waals surface area contributed by atoms with Gasteiger partial charge in [0.2, 0.25) is 5.91 Å². The molecule has 2 N–H and O–H groups in total. The Hall–Kier alpha value is -3.00. The van der Waals surface area contributed by atoms with Gasteiger partial charge in [-0.25, -0.2) is 9.97 Å². The molecule has 0 atom stereocenters. The van der Waals surface area contributed by atoms with Gasteiger partial charge in [-0.15, -0.1) is 0 Å². The summed E-state index contributed by atoms with van der Waals surface area (Å²) in [5.74, 6) is 0.833. The lowest BCUT2D eigenvalue weighted by molar-refractivity contribution is -0.117. The zero-order chi connectivity index (χ0) is 19.0. The Morgan fingerprint density at radius 3 is 2.52 bits per heavy atom. The molecule has 1 saturated carbocycles. The molecule has 0 radical (unpaired) electrons. The van der Waals surface area contributed by atoms with Crippen LogP contribution in [0, 0.1) is 5.92 Å². The minimum atomic E-state index is -0.116. The molecule has 1 aromatic carbocycles. The predicted molar refractivity (Wildman–Crippen MR) is 107 cm³/mol. The van der Waals surface area contributed by atoms with Gasteiger partial charge in [0.1, 0.15) is 16.2 Å². The largest absolute Gasteiger partial charge is 0.355 e. The topological polar surface area (TPSA) is 87.2 Å². The number of thiazole rings is 1. The van der Waals surface area contributed by atoms with E-state index in [-0.39, 0.29) is 17.7 Å². The summed E-state index contributed by atoms with van der Waals surface area (Å²) < 4.78 is 0. The molecule has 1 aliphatic rings. The predicted octanol–water partition coefficient (Wildman–Crippen LogP) is 3.17. The maximum atomic E-state index is 11.9. The zero-order valence-corrected chi connectivity index (χ0v) is 15.8. The summed E-state index contributed by atoms with van der Waals surface area (Å²) in [5, 5.41) is 6.07. The average Bonchev–Trinajstić information content (AvgIpc) is 3.47.